The fraction of sp³-hybridized carbons (Fsp3) is 0.800. The van der Waals surface area contributed by atoms with E-state index in [1.807, 2.05) is 13.8 Å². The molecular weight excluding hydrogens is 228 g/mol. The molecule has 0 aromatic heterocycles. The second-order valence-electron chi connectivity index (χ2n) is 3.65. The molecule has 6 heteroatoms. The highest BCUT2D eigenvalue weighted by atomic mass is 32.2. The number of thioether (sulfide) groups is 1. The highest BCUT2D eigenvalue weighted by molar-refractivity contribution is 8.00. The molecular formula is C10H18N2O3S. The van der Waals surface area contributed by atoms with Gasteiger partial charge in [-0.3, -0.25) is 14.9 Å². The van der Waals surface area contributed by atoms with Gasteiger partial charge in [0.1, 0.15) is 6.04 Å². The van der Waals surface area contributed by atoms with Gasteiger partial charge in [0.15, 0.2) is 0 Å². The Morgan fingerprint density at radius 2 is 2.06 bits per heavy atom. The lowest BCUT2D eigenvalue weighted by atomic mass is 10.3. The monoisotopic (exact) mass is 246 g/mol. The molecule has 0 aromatic carbocycles. The molecule has 0 aromatic rings. The topological polar surface area (TPSA) is 69.6 Å². The molecule has 2 N–H and O–H groups in total. The first kappa shape index (κ1) is 13.3. The Kier molecular flexibility index (Phi) is 5.08. The van der Waals surface area contributed by atoms with Crippen molar-refractivity contribution in [2.45, 2.75) is 31.7 Å². The van der Waals surface area contributed by atoms with E-state index >= 15 is 0 Å². The SMILES string of the molecule is CCN(CC)C(=O)CC1N[C@H](C(=O)O)CS1. The van der Waals surface area contributed by atoms with Crippen LogP contribution in [0, 0.1) is 0 Å². The van der Waals surface area contributed by atoms with Gasteiger partial charge in [-0.25, -0.2) is 0 Å². The van der Waals surface area contributed by atoms with E-state index in [4.69, 9.17) is 5.11 Å². The number of hydrogen-bond acceptors (Lipinski definition) is 4. The number of nitrogens with one attached hydrogen (secondary N) is 1. The number of carbonyl (C=O) groups is 2. The van der Waals surface area contributed by atoms with E-state index < -0.39 is 12.0 Å². The lowest BCUT2D eigenvalue weighted by Crippen LogP contribution is -2.40. The van der Waals surface area contributed by atoms with Crippen LogP contribution in [0.4, 0.5) is 0 Å². The predicted octanol–water partition coefficient (Wildman–Crippen LogP) is 0.361. The van der Waals surface area contributed by atoms with E-state index in [9.17, 15) is 9.59 Å². The standard InChI is InChI=1S/C10H18N2O3S/c1-3-12(4-2)9(13)5-8-11-7(6-16-8)10(14)15/h7-8,11H,3-6H2,1-2H3,(H,14,15)/t7-,8?/m0/s1. The van der Waals surface area contributed by atoms with Gasteiger partial charge in [0.2, 0.25) is 5.91 Å². The summed E-state index contributed by atoms with van der Waals surface area (Å²) < 4.78 is 0. The summed E-state index contributed by atoms with van der Waals surface area (Å²) in [5.41, 5.74) is 0. The highest BCUT2D eigenvalue weighted by Crippen LogP contribution is 2.22. The van der Waals surface area contributed by atoms with E-state index in [1.165, 1.54) is 11.8 Å². The number of amides is 1. The van der Waals surface area contributed by atoms with E-state index in [0.29, 0.717) is 25.3 Å². The molecule has 1 fully saturated rings. The maximum absolute atomic E-state index is 11.8. The number of carboxylic acids is 1. The van der Waals surface area contributed by atoms with Crippen molar-refractivity contribution in [2.75, 3.05) is 18.8 Å². The number of nitrogens with zero attached hydrogens (tertiary/aromatic N) is 1. The predicted molar refractivity (Wildman–Crippen MR) is 63.4 cm³/mol. The lowest BCUT2D eigenvalue weighted by molar-refractivity contribution is -0.139. The van der Waals surface area contributed by atoms with Crippen molar-refractivity contribution < 1.29 is 14.7 Å². The Morgan fingerprint density at radius 1 is 1.44 bits per heavy atom. The van der Waals surface area contributed by atoms with Gasteiger partial charge in [-0.1, -0.05) is 0 Å². The summed E-state index contributed by atoms with van der Waals surface area (Å²) in [7, 11) is 0. The molecule has 1 unspecified atom stereocenters. The van der Waals surface area contributed by atoms with Crippen LogP contribution in [-0.4, -0.2) is 52.1 Å². The minimum absolute atomic E-state index is 0.0609. The molecule has 0 aliphatic carbocycles. The zero-order valence-corrected chi connectivity index (χ0v) is 10.4. The quantitative estimate of drug-likeness (QED) is 0.733. The first-order valence-electron chi connectivity index (χ1n) is 5.46. The summed E-state index contributed by atoms with van der Waals surface area (Å²) in [6, 6.07) is -0.514. The molecule has 0 spiro atoms. The lowest BCUT2D eigenvalue weighted by Gasteiger charge is -2.20. The Bertz CT molecular complexity index is 269. The molecule has 1 aliphatic rings. The first-order valence-corrected chi connectivity index (χ1v) is 6.51. The Morgan fingerprint density at radius 3 is 2.50 bits per heavy atom. The number of carboxylic acid groups (broad SMARTS) is 1. The van der Waals surface area contributed by atoms with E-state index in [-0.39, 0.29) is 11.3 Å². The molecule has 1 aliphatic heterocycles. The molecule has 0 radical (unpaired) electrons. The van der Waals surface area contributed by atoms with Crippen LogP contribution in [0.2, 0.25) is 0 Å². The Hall–Kier alpha value is -0.750. The van der Waals surface area contributed by atoms with Crippen LogP contribution in [0.5, 0.6) is 0 Å². The third-order valence-corrected chi connectivity index (χ3v) is 3.86. The normalized spacial score (nSPS) is 24.4. The van der Waals surface area contributed by atoms with E-state index in [0.717, 1.165) is 0 Å². The van der Waals surface area contributed by atoms with Crippen LogP contribution in [-0.2, 0) is 9.59 Å². The molecule has 1 heterocycles. The average Bonchev–Trinajstić information content (AvgIpc) is 2.68. The molecule has 92 valence electrons. The maximum atomic E-state index is 11.8. The molecule has 0 saturated carbocycles. The van der Waals surface area contributed by atoms with Crippen LogP contribution < -0.4 is 5.32 Å². The van der Waals surface area contributed by atoms with Crippen LogP contribution in [0.3, 0.4) is 0 Å². The van der Waals surface area contributed by atoms with Crippen LogP contribution >= 0.6 is 11.8 Å². The second-order valence-corrected chi connectivity index (χ2v) is 4.89. The Labute approximate surface area is 99.6 Å². The third kappa shape index (κ3) is 3.38. The highest BCUT2D eigenvalue weighted by Gasteiger charge is 2.31. The largest absolute Gasteiger partial charge is 0.480 e. The van der Waals surface area contributed by atoms with Gasteiger partial charge >= 0.3 is 5.97 Å². The summed E-state index contributed by atoms with van der Waals surface area (Å²) >= 11 is 1.51. The zero-order valence-electron chi connectivity index (χ0n) is 9.60. The third-order valence-electron chi connectivity index (χ3n) is 2.63. The van der Waals surface area contributed by atoms with Crippen molar-refractivity contribution in [1.29, 1.82) is 0 Å². The van der Waals surface area contributed by atoms with E-state index in [1.54, 1.807) is 4.90 Å². The van der Waals surface area contributed by atoms with Crippen LogP contribution in [0.15, 0.2) is 0 Å². The van der Waals surface area contributed by atoms with Crippen molar-refractivity contribution in [3.63, 3.8) is 0 Å². The summed E-state index contributed by atoms with van der Waals surface area (Å²) in [5, 5.41) is 11.7. The number of rotatable bonds is 5. The minimum atomic E-state index is -0.842. The summed E-state index contributed by atoms with van der Waals surface area (Å²) in [6.07, 6.45) is 0.371. The van der Waals surface area contributed by atoms with Crippen molar-refractivity contribution in [3.05, 3.63) is 0 Å². The van der Waals surface area contributed by atoms with Gasteiger partial charge in [0, 0.05) is 18.8 Å². The van der Waals surface area contributed by atoms with Gasteiger partial charge in [-0.05, 0) is 13.8 Å². The minimum Gasteiger partial charge on any atom is -0.480 e. The van der Waals surface area contributed by atoms with Crippen LogP contribution in [0.1, 0.15) is 20.3 Å². The van der Waals surface area contributed by atoms with Gasteiger partial charge in [0.25, 0.3) is 0 Å². The van der Waals surface area contributed by atoms with Gasteiger partial charge in [-0.2, -0.15) is 0 Å². The van der Waals surface area contributed by atoms with Crippen molar-refractivity contribution in [3.8, 4) is 0 Å². The fourth-order valence-electron chi connectivity index (χ4n) is 1.66. The molecule has 0 bridgehead atoms. The molecule has 1 saturated heterocycles. The number of aliphatic carboxylic acids is 1. The molecule has 2 atom stereocenters. The molecule has 1 amide bonds. The van der Waals surface area contributed by atoms with E-state index in [2.05, 4.69) is 5.32 Å². The molecule has 16 heavy (non-hydrogen) atoms. The van der Waals surface area contributed by atoms with Gasteiger partial charge in [0.05, 0.1) is 11.8 Å². The molecule has 1 rings (SSSR count). The number of hydrogen-bond donors (Lipinski definition) is 2. The summed E-state index contributed by atoms with van der Waals surface area (Å²) in [6.45, 7) is 5.29. The summed E-state index contributed by atoms with van der Waals surface area (Å²) in [4.78, 5) is 24.2. The van der Waals surface area contributed by atoms with Crippen molar-refractivity contribution in [2.24, 2.45) is 0 Å². The first-order chi connectivity index (χ1) is 7.58. The van der Waals surface area contributed by atoms with Crippen molar-refractivity contribution in [1.82, 2.24) is 10.2 Å². The van der Waals surface area contributed by atoms with Crippen molar-refractivity contribution >= 4 is 23.6 Å². The average molecular weight is 246 g/mol. The Balaban J connectivity index is 2.39. The number of carbonyl (C=O) groups excluding carboxylic acids is 1. The van der Waals surface area contributed by atoms with Gasteiger partial charge < -0.3 is 10.0 Å². The van der Waals surface area contributed by atoms with Gasteiger partial charge in [-0.15, -0.1) is 11.8 Å². The second kappa shape index (κ2) is 6.10. The molecule has 5 nitrogen and oxygen atoms in total. The smallest absolute Gasteiger partial charge is 0.321 e. The zero-order chi connectivity index (χ0) is 12.1. The maximum Gasteiger partial charge on any atom is 0.321 e. The van der Waals surface area contributed by atoms with Crippen LogP contribution in [0.25, 0.3) is 0 Å². The summed E-state index contributed by atoms with van der Waals surface area (Å²) in [5.74, 6) is -0.225. The fourth-order valence-corrected chi connectivity index (χ4v) is 2.84.